The molecule has 0 unspecified atom stereocenters. The van der Waals surface area contributed by atoms with E-state index in [1.165, 1.54) is 0 Å². The Balaban J connectivity index is 1.63. The van der Waals surface area contributed by atoms with Crippen molar-refractivity contribution in [2.24, 2.45) is 0 Å². The van der Waals surface area contributed by atoms with Gasteiger partial charge < -0.3 is 105 Å². The third-order valence-electron chi connectivity index (χ3n) is 8.21. The average molecular weight is 667 g/mol. The maximum absolute atomic E-state index is 10.9. The molecule has 0 aromatic rings. The highest BCUT2D eigenvalue weighted by Gasteiger charge is 2.55. The summed E-state index contributed by atoms with van der Waals surface area (Å²) in [7, 11) is 0. The maximum Gasteiger partial charge on any atom is 0.187 e. The van der Waals surface area contributed by atoms with Crippen LogP contribution in [0.1, 0.15) is 0 Å². The van der Waals surface area contributed by atoms with Gasteiger partial charge in [-0.05, 0) is 0 Å². The Bertz CT molecular complexity index is 914. The minimum absolute atomic E-state index is 0.827. The molecule has 0 saturated carbocycles. The van der Waals surface area contributed by atoms with E-state index in [-0.39, 0.29) is 0 Å². The lowest BCUT2D eigenvalue weighted by molar-refractivity contribution is -0.399. The molecule has 0 bridgehead atoms. The molecule has 4 rings (SSSR count). The van der Waals surface area contributed by atoms with Gasteiger partial charge in [0.2, 0.25) is 0 Å². The number of hydrogen-bond acceptors (Lipinski definition) is 21. The molecule has 4 fully saturated rings. The SMILES string of the molecule is OC[C@H]1O[C@H](O[C@@H]2[C@@H](O[C@@H]3[C@@H](O)[C@@H](O)O[C@H](CO)[C@@H]3O[C@@H]3O[C@H](CO)[C@@H](O)[C@H](O)[C@H]3O)O[C@H](CO)[C@@H](O)[C@@H]2O)[C@@H](O)[C@@H](O)[C@@H]1O. The summed E-state index contributed by atoms with van der Waals surface area (Å²) >= 11 is 0. The summed E-state index contributed by atoms with van der Waals surface area (Å²) in [6.45, 7) is -3.47. The number of aliphatic hydroxyl groups excluding tert-OH is 14. The van der Waals surface area contributed by atoms with E-state index >= 15 is 0 Å². The van der Waals surface area contributed by atoms with Gasteiger partial charge in [0.25, 0.3) is 0 Å². The van der Waals surface area contributed by atoms with Crippen molar-refractivity contribution in [3.8, 4) is 0 Å². The standard InChI is InChI=1S/C24H42O21/c25-1-5-9(29)12(32)15(35)22(40-5)43-18-8(4-28)39-21(38)17(37)19(18)44-24-20(14(34)11(31)7(3-27)42-24)45-23-16(36)13(33)10(30)6(2-26)41-23/h5-38H,1-4H2/t5-,6-,7-,8-,9-,10-,11-,12+,13+,14+,15-,16+,17-,18+,19-,20+,21+,22+,23-,24-/m1/s1. The van der Waals surface area contributed by atoms with Crippen molar-refractivity contribution in [1.82, 2.24) is 0 Å². The minimum Gasteiger partial charge on any atom is -0.394 e. The van der Waals surface area contributed by atoms with Crippen LogP contribution in [0.25, 0.3) is 0 Å². The van der Waals surface area contributed by atoms with E-state index in [0.29, 0.717) is 0 Å². The molecule has 4 aliphatic rings. The van der Waals surface area contributed by atoms with Gasteiger partial charge in [0.05, 0.1) is 26.4 Å². The largest absolute Gasteiger partial charge is 0.394 e. The van der Waals surface area contributed by atoms with Gasteiger partial charge in [-0.3, -0.25) is 0 Å². The summed E-state index contributed by atoms with van der Waals surface area (Å²) in [6.07, 6.45) is -36.5. The number of hydrogen-bond donors (Lipinski definition) is 14. The predicted octanol–water partition coefficient (Wildman–Crippen LogP) is -9.75. The van der Waals surface area contributed by atoms with Crippen molar-refractivity contribution in [2.75, 3.05) is 26.4 Å². The van der Waals surface area contributed by atoms with Crippen LogP contribution in [0, 0.1) is 0 Å². The van der Waals surface area contributed by atoms with Crippen LogP contribution in [0.2, 0.25) is 0 Å². The third-order valence-corrected chi connectivity index (χ3v) is 8.21. The molecule has 0 aromatic heterocycles. The second-order valence-corrected chi connectivity index (χ2v) is 11.1. The first-order valence-corrected chi connectivity index (χ1v) is 14.1. The first-order valence-electron chi connectivity index (χ1n) is 14.1. The smallest absolute Gasteiger partial charge is 0.187 e. The van der Waals surface area contributed by atoms with Crippen molar-refractivity contribution in [3.05, 3.63) is 0 Å². The maximum atomic E-state index is 10.9. The van der Waals surface area contributed by atoms with Gasteiger partial charge in [-0.15, -0.1) is 0 Å². The summed E-state index contributed by atoms with van der Waals surface area (Å²) < 4.78 is 38.4. The van der Waals surface area contributed by atoms with Gasteiger partial charge in [-0.1, -0.05) is 0 Å². The summed E-state index contributed by atoms with van der Waals surface area (Å²) in [4.78, 5) is 0. The van der Waals surface area contributed by atoms with Crippen LogP contribution in [0.3, 0.4) is 0 Å². The van der Waals surface area contributed by atoms with E-state index in [2.05, 4.69) is 0 Å². The normalized spacial score (nSPS) is 52.9. The lowest BCUT2D eigenvalue weighted by Gasteiger charge is -2.49. The van der Waals surface area contributed by atoms with E-state index in [9.17, 15) is 71.5 Å². The van der Waals surface area contributed by atoms with Crippen molar-refractivity contribution < 1.29 is 105 Å². The Hall–Kier alpha value is -0.840. The van der Waals surface area contributed by atoms with Crippen molar-refractivity contribution in [1.29, 1.82) is 0 Å². The topological polar surface area (TPSA) is 348 Å². The first kappa shape index (κ1) is 37.0. The molecule has 0 amide bonds. The van der Waals surface area contributed by atoms with E-state index in [1.807, 2.05) is 0 Å². The Morgan fingerprint density at radius 1 is 0.333 bits per heavy atom. The molecule has 21 nitrogen and oxygen atoms in total. The molecule has 21 heteroatoms. The van der Waals surface area contributed by atoms with E-state index < -0.39 is 149 Å². The Morgan fingerprint density at radius 3 is 1.16 bits per heavy atom. The minimum atomic E-state index is -2.06. The second-order valence-electron chi connectivity index (χ2n) is 11.1. The fraction of sp³-hybridized carbons (Fsp3) is 1.00. The molecule has 0 spiro atoms. The zero-order valence-corrected chi connectivity index (χ0v) is 23.5. The van der Waals surface area contributed by atoms with Gasteiger partial charge in [-0.2, -0.15) is 0 Å². The molecular formula is C24H42O21. The summed E-state index contributed by atoms with van der Waals surface area (Å²) in [5, 5.41) is 143. The Labute approximate surface area is 254 Å². The molecule has 14 N–H and O–H groups in total. The Morgan fingerprint density at radius 2 is 0.711 bits per heavy atom. The van der Waals surface area contributed by atoms with Crippen LogP contribution in [-0.4, -0.2) is 221 Å². The molecule has 0 aromatic carbocycles. The third kappa shape index (κ3) is 7.44. The van der Waals surface area contributed by atoms with Crippen LogP contribution in [0.5, 0.6) is 0 Å². The van der Waals surface area contributed by atoms with Gasteiger partial charge in [-0.25, -0.2) is 0 Å². The van der Waals surface area contributed by atoms with Gasteiger partial charge in [0.15, 0.2) is 25.2 Å². The summed E-state index contributed by atoms with van der Waals surface area (Å²) in [5.74, 6) is 0. The van der Waals surface area contributed by atoms with E-state index in [0.717, 1.165) is 0 Å². The number of ether oxygens (including phenoxy) is 7. The first-order chi connectivity index (χ1) is 21.3. The zero-order valence-electron chi connectivity index (χ0n) is 23.5. The lowest BCUT2D eigenvalue weighted by atomic mass is 9.95. The molecular weight excluding hydrogens is 624 g/mol. The summed E-state index contributed by atoms with van der Waals surface area (Å²) in [6, 6.07) is 0. The van der Waals surface area contributed by atoms with Gasteiger partial charge in [0, 0.05) is 0 Å². The van der Waals surface area contributed by atoms with Crippen LogP contribution in [0.4, 0.5) is 0 Å². The fourth-order valence-corrected chi connectivity index (χ4v) is 5.51. The molecule has 0 radical (unpaired) electrons. The quantitative estimate of drug-likeness (QED) is 0.103. The van der Waals surface area contributed by atoms with E-state index in [1.54, 1.807) is 0 Å². The molecule has 4 aliphatic heterocycles. The van der Waals surface area contributed by atoms with Crippen molar-refractivity contribution in [3.63, 3.8) is 0 Å². The highest BCUT2D eigenvalue weighted by Crippen LogP contribution is 2.35. The molecule has 20 atom stereocenters. The molecule has 264 valence electrons. The highest BCUT2D eigenvalue weighted by atomic mass is 16.8. The fourth-order valence-electron chi connectivity index (χ4n) is 5.51. The number of rotatable bonds is 10. The van der Waals surface area contributed by atoms with E-state index in [4.69, 9.17) is 33.2 Å². The molecule has 4 saturated heterocycles. The van der Waals surface area contributed by atoms with Crippen LogP contribution >= 0.6 is 0 Å². The van der Waals surface area contributed by atoms with Crippen LogP contribution in [-0.2, 0) is 33.2 Å². The Kier molecular flexibility index (Phi) is 12.8. The highest BCUT2D eigenvalue weighted by molar-refractivity contribution is 4.98. The zero-order chi connectivity index (χ0) is 33.3. The molecule has 0 aliphatic carbocycles. The van der Waals surface area contributed by atoms with Gasteiger partial charge in [0.1, 0.15) is 97.7 Å². The van der Waals surface area contributed by atoms with Crippen molar-refractivity contribution in [2.45, 2.75) is 123 Å². The van der Waals surface area contributed by atoms with Crippen LogP contribution < -0.4 is 0 Å². The summed E-state index contributed by atoms with van der Waals surface area (Å²) in [5.41, 5.74) is 0. The molecule has 45 heavy (non-hydrogen) atoms. The van der Waals surface area contributed by atoms with Crippen LogP contribution in [0.15, 0.2) is 0 Å². The second kappa shape index (κ2) is 15.6. The van der Waals surface area contributed by atoms with Crippen molar-refractivity contribution >= 4 is 0 Å². The lowest BCUT2D eigenvalue weighted by Crippen LogP contribution is -2.68. The molecule has 4 heterocycles. The monoisotopic (exact) mass is 666 g/mol. The average Bonchev–Trinajstić information content (AvgIpc) is 3.03. The predicted molar refractivity (Wildman–Crippen MR) is 134 cm³/mol. The van der Waals surface area contributed by atoms with Gasteiger partial charge >= 0.3 is 0 Å². The number of aliphatic hydroxyl groups is 14.